The van der Waals surface area contributed by atoms with E-state index in [1.807, 2.05) is 13.8 Å². The molecule has 2 aliphatic rings. The molecule has 1 fully saturated rings. The molecule has 0 bridgehead atoms. The molecule has 8 nitrogen and oxygen atoms in total. The summed E-state index contributed by atoms with van der Waals surface area (Å²) in [4.78, 5) is 39.8. The van der Waals surface area contributed by atoms with E-state index in [0.717, 1.165) is 50.4 Å². The minimum Gasteiger partial charge on any atom is -0.355 e. The van der Waals surface area contributed by atoms with Gasteiger partial charge >= 0.3 is 0 Å². The molecule has 1 saturated heterocycles. The Bertz CT molecular complexity index is 718. The number of likely N-dealkylation sites (N-methyl/N-ethyl adjacent to an activating group) is 1. The van der Waals surface area contributed by atoms with Crippen molar-refractivity contribution in [1.29, 1.82) is 0 Å². The topological polar surface area (TPSA) is 81.7 Å². The van der Waals surface area contributed by atoms with E-state index in [4.69, 9.17) is 4.98 Å². The van der Waals surface area contributed by atoms with Crippen molar-refractivity contribution in [1.82, 2.24) is 25.1 Å². The molecule has 0 saturated carbocycles. The van der Waals surface area contributed by atoms with Gasteiger partial charge in [-0.25, -0.2) is 9.97 Å². The highest BCUT2D eigenvalue weighted by atomic mass is 16.2. The average molecular weight is 374 g/mol. The van der Waals surface area contributed by atoms with Gasteiger partial charge in [-0.2, -0.15) is 0 Å². The molecule has 0 radical (unpaired) electrons. The molecule has 27 heavy (non-hydrogen) atoms. The summed E-state index contributed by atoms with van der Waals surface area (Å²) in [7, 11) is 3.58. The van der Waals surface area contributed by atoms with Crippen molar-refractivity contribution in [2.45, 2.75) is 32.6 Å². The number of anilines is 1. The van der Waals surface area contributed by atoms with Gasteiger partial charge in [0.05, 0.1) is 6.54 Å². The van der Waals surface area contributed by atoms with Crippen LogP contribution in [0.3, 0.4) is 0 Å². The van der Waals surface area contributed by atoms with Crippen LogP contribution in [0.5, 0.6) is 0 Å². The molecule has 1 aromatic heterocycles. The smallest absolute Gasteiger partial charge is 0.270 e. The second-order valence-electron chi connectivity index (χ2n) is 7.80. The van der Waals surface area contributed by atoms with Crippen molar-refractivity contribution in [2.24, 2.45) is 0 Å². The maximum Gasteiger partial charge on any atom is 0.270 e. The van der Waals surface area contributed by atoms with Crippen molar-refractivity contribution in [3.05, 3.63) is 17.1 Å². The zero-order valence-electron chi connectivity index (χ0n) is 16.8. The third-order valence-electron chi connectivity index (χ3n) is 5.14. The molecule has 8 heteroatoms. The van der Waals surface area contributed by atoms with E-state index in [2.05, 4.69) is 20.1 Å². The molecule has 3 rings (SSSR count). The number of fused-ring (bicyclic) bond motifs is 1. The predicted octanol–water partition coefficient (Wildman–Crippen LogP) is 0.486. The second kappa shape index (κ2) is 8.21. The monoisotopic (exact) mass is 374 g/mol. The molecule has 148 valence electrons. The van der Waals surface area contributed by atoms with Gasteiger partial charge in [-0.1, -0.05) is 13.8 Å². The first-order chi connectivity index (χ1) is 12.9. The molecule has 3 heterocycles. The van der Waals surface area contributed by atoms with Crippen molar-refractivity contribution in [3.63, 3.8) is 0 Å². The molecule has 1 aromatic rings. The van der Waals surface area contributed by atoms with Gasteiger partial charge < -0.3 is 15.1 Å². The van der Waals surface area contributed by atoms with Crippen molar-refractivity contribution < 1.29 is 9.59 Å². The number of aromatic nitrogens is 2. The normalized spacial score (nSPS) is 18.1. The van der Waals surface area contributed by atoms with Gasteiger partial charge in [0, 0.05) is 58.3 Å². The summed E-state index contributed by atoms with van der Waals surface area (Å²) in [5.74, 6) is 1.80. The third-order valence-corrected chi connectivity index (χ3v) is 5.14. The number of amides is 2. The van der Waals surface area contributed by atoms with Crippen molar-refractivity contribution in [2.75, 3.05) is 58.3 Å². The fraction of sp³-hybridized carbons (Fsp3) is 0.684. The van der Waals surface area contributed by atoms with Gasteiger partial charge in [0.2, 0.25) is 5.91 Å². The van der Waals surface area contributed by atoms with Crippen LogP contribution in [0, 0.1) is 0 Å². The lowest BCUT2D eigenvalue weighted by molar-refractivity contribution is -0.129. The first-order valence-corrected chi connectivity index (χ1v) is 9.73. The largest absolute Gasteiger partial charge is 0.355 e. The Morgan fingerprint density at radius 2 is 1.96 bits per heavy atom. The van der Waals surface area contributed by atoms with Gasteiger partial charge in [-0.15, -0.1) is 0 Å². The van der Waals surface area contributed by atoms with Crippen molar-refractivity contribution in [3.8, 4) is 0 Å². The summed E-state index contributed by atoms with van der Waals surface area (Å²) in [6.45, 7) is 8.52. The van der Waals surface area contributed by atoms with Gasteiger partial charge in [0.25, 0.3) is 5.91 Å². The zero-order valence-corrected chi connectivity index (χ0v) is 16.8. The number of rotatable bonds is 4. The Balaban J connectivity index is 1.83. The Hall–Kier alpha value is -2.22. The summed E-state index contributed by atoms with van der Waals surface area (Å²) in [5, 5.41) is 2.89. The van der Waals surface area contributed by atoms with Crippen LogP contribution < -0.4 is 10.2 Å². The maximum absolute atomic E-state index is 12.3. The molecule has 0 aromatic carbocycles. The van der Waals surface area contributed by atoms with E-state index in [9.17, 15) is 9.59 Å². The Kier molecular flexibility index (Phi) is 5.94. The van der Waals surface area contributed by atoms with E-state index in [1.54, 1.807) is 19.0 Å². The lowest BCUT2D eigenvalue weighted by Crippen LogP contribution is -2.39. The minimum absolute atomic E-state index is 0.102. The highest BCUT2D eigenvalue weighted by Crippen LogP contribution is 2.27. The second-order valence-corrected chi connectivity index (χ2v) is 7.80. The summed E-state index contributed by atoms with van der Waals surface area (Å²) in [6.07, 6.45) is 1.72. The first kappa shape index (κ1) is 19.5. The minimum atomic E-state index is -0.102. The SMILES string of the molecule is CC(C)c1nc2c(c(N3CCCN(CC(=O)N(C)C)CC3)n1)CCNC2=O. The maximum atomic E-state index is 12.3. The molecule has 0 unspecified atom stereocenters. The Morgan fingerprint density at radius 1 is 1.19 bits per heavy atom. The Morgan fingerprint density at radius 3 is 2.67 bits per heavy atom. The van der Waals surface area contributed by atoms with Gasteiger partial charge in [-0.3, -0.25) is 14.5 Å². The molecular formula is C19H30N6O2. The molecule has 1 N–H and O–H groups in total. The summed E-state index contributed by atoms with van der Waals surface area (Å²) >= 11 is 0. The van der Waals surface area contributed by atoms with Gasteiger partial charge in [-0.05, 0) is 12.8 Å². The molecule has 0 aliphatic carbocycles. The number of nitrogens with one attached hydrogen (secondary N) is 1. The molecule has 0 atom stereocenters. The summed E-state index contributed by atoms with van der Waals surface area (Å²) in [5.41, 5.74) is 1.49. The summed E-state index contributed by atoms with van der Waals surface area (Å²) < 4.78 is 0. The average Bonchev–Trinajstić information content (AvgIpc) is 2.86. The fourth-order valence-corrected chi connectivity index (χ4v) is 3.49. The molecule has 2 aliphatic heterocycles. The number of nitrogens with zero attached hydrogens (tertiary/aromatic N) is 5. The third kappa shape index (κ3) is 4.37. The van der Waals surface area contributed by atoms with Crippen LogP contribution in [-0.4, -0.2) is 84.9 Å². The van der Waals surface area contributed by atoms with E-state index < -0.39 is 0 Å². The van der Waals surface area contributed by atoms with Crippen LogP contribution >= 0.6 is 0 Å². The summed E-state index contributed by atoms with van der Waals surface area (Å²) in [6, 6.07) is 0. The lowest BCUT2D eigenvalue weighted by atomic mass is 10.0. The highest BCUT2D eigenvalue weighted by Gasteiger charge is 2.28. The molecule has 0 spiro atoms. The first-order valence-electron chi connectivity index (χ1n) is 9.73. The van der Waals surface area contributed by atoms with E-state index in [1.165, 1.54) is 0 Å². The number of hydrogen-bond acceptors (Lipinski definition) is 6. The molecule has 2 amide bonds. The molecular weight excluding hydrogens is 344 g/mol. The zero-order chi connectivity index (χ0) is 19.6. The fourth-order valence-electron chi connectivity index (χ4n) is 3.49. The van der Waals surface area contributed by atoms with Crippen LogP contribution in [0.25, 0.3) is 0 Å². The van der Waals surface area contributed by atoms with E-state index in [-0.39, 0.29) is 17.7 Å². The van der Waals surface area contributed by atoms with Crippen molar-refractivity contribution >= 4 is 17.6 Å². The van der Waals surface area contributed by atoms with Crippen LogP contribution in [0.4, 0.5) is 5.82 Å². The lowest BCUT2D eigenvalue weighted by Gasteiger charge is -2.28. The van der Waals surface area contributed by atoms with Gasteiger partial charge in [0.1, 0.15) is 17.3 Å². The van der Waals surface area contributed by atoms with Crippen LogP contribution in [-0.2, 0) is 11.2 Å². The standard InChI is InChI=1S/C19H30N6O2/c1-13(2)17-21-16-14(6-7-20-19(16)27)18(22-17)25-9-5-8-24(10-11-25)12-15(26)23(3)4/h13H,5-12H2,1-4H3,(H,20,27). The van der Waals surface area contributed by atoms with Crippen LogP contribution in [0.2, 0.25) is 0 Å². The predicted molar refractivity (Wildman–Crippen MR) is 104 cm³/mol. The number of carbonyl (C=O) groups is 2. The van der Waals surface area contributed by atoms with E-state index >= 15 is 0 Å². The highest BCUT2D eigenvalue weighted by molar-refractivity contribution is 5.96. The quantitative estimate of drug-likeness (QED) is 0.826. The van der Waals surface area contributed by atoms with Gasteiger partial charge in [0.15, 0.2) is 0 Å². The van der Waals surface area contributed by atoms with Crippen LogP contribution in [0.15, 0.2) is 0 Å². The van der Waals surface area contributed by atoms with E-state index in [0.29, 0.717) is 24.6 Å². The number of carbonyl (C=O) groups excluding carboxylic acids is 2. The van der Waals surface area contributed by atoms with Crippen LogP contribution in [0.1, 0.15) is 48.1 Å². The number of hydrogen-bond donors (Lipinski definition) is 1. The Labute approximate surface area is 160 Å².